The number of aryl methyl sites for hydroxylation is 2. The van der Waals surface area contributed by atoms with Crippen molar-refractivity contribution in [2.75, 3.05) is 0 Å². The van der Waals surface area contributed by atoms with Crippen LogP contribution in [0.5, 0.6) is 0 Å². The van der Waals surface area contributed by atoms with Gasteiger partial charge in [-0.25, -0.2) is 9.67 Å². The molecule has 0 aliphatic rings. The van der Waals surface area contributed by atoms with Crippen molar-refractivity contribution in [2.45, 2.75) is 39.3 Å². The molecule has 0 bridgehead atoms. The van der Waals surface area contributed by atoms with E-state index in [0.29, 0.717) is 0 Å². The van der Waals surface area contributed by atoms with Gasteiger partial charge in [0.15, 0.2) is 0 Å². The molecule has 2 aromatic rings. The molecular weight excluding hydrogens is 312 g/mol. The van der Waals surface area contributed by atoms with Crippen LogP contribution in [0.3, 0.4) is 0 Å². The van der Waals surface area contributed by atoms with Crippen LogP contribution in [-0.2, 0) is 0 Å². The van der Waals surface area contributed by atoms with Crippen molar-refractivity contribution in [2.24, 2.45) is 5.73 Å². The van der Waals surface area contributed by atoms with Crippen LogP contribution in [0.25, 0.3) is 0 Å². The molecule has 0 aromatic carbocycles. The van der Waals surface area contributed by atoms with E-state index >= 15 is 0 Å². The molecule has 0 aliphatic heterocycles. The maximum absolute atomic E-state index is 6.27. The SMILES string of the molecule is CCC(N)C(c1cc(Br)cs1)n1nc(C)nc1C. The third kappa shape index (κ3) is 2.65. The molecule has 2 atom stereocenters. The average Bonchev–Trinajstić information content (AvgIpc) is 2.86. The van der Waals surface area contributed by atoms with Gasteiger partial charge in [-0.05, 0) is 42.3 Å². The van der Waals surface area contributed by atoms with E-state index in [-0.39, 0.29) is 12.1 Å². The minimum Gasteiger partial charge on any atom is -0.326 e. The van der Waals surface area contributed by atoms with Crippen LogP contribution in [0.2, 0.25) is 0 Å². The van der Waals surface area contributed by atoms with E-state index in [2.05, 4.69) is 44.4 Å². The highest BCUT2D eigenvalue weighted by atomic mass is 79.9. The van der Waals surface area contributed by atoms with Crippen molar-refractivity contribution in [1.29, 1.82) is 0 Å². The molecule has 2 rings (SSSR count). The van der Waals surface area contributed by atoms with E-state index in [1.54, 1.807) is 11.3 Å². The summed E-state index contributed by atoms with van der Waals surface area (Å²) in [6.45, 7) is 5.97. The molecule has 2 unspecified atom stereocenters. The molecule has 0 radical (unpaired) electrons. The largest absolute Gasteiger partial charge is 0.326 e. The number of rotatable bonds is 4. The number of halogens is 1. The summed E-state index contributed by atoms with van der Waals surface area (Å²) in [6.07, 6.45) is 0.901. The lowest BCUT2D eigenvalue weighted by Crippen LogP contribution is -2.33. The molecule has 6 heteroatoms. The van der Waals surface area contributed by atoms with Crippen LogP contribution >= 0.6 is 27.3 Å². The van der Waals surface area contributed by atoms with Crippen LogP contribution in [-0.4, -0.2) is 20.8 Å². The smallest absolute Gasteiger partial charge is 0.147 e. The molecule has 0 fully saturated rings. The van der Waals surface area contributed by atoms with Gasteiger partial charge in [-0.2, -0.15) is 5.10 Å². The highest BCUT2D eigenvalue weighted by molar-refractivity contribution is 9.10. The Kier molecular flexibility index (Phi) is 4.19. The van der Waals surface area contributed by atoms with Gasteiger partial charge in [-0.1, -0.05) is 6.92 Å². The third-order valence-electron chi connectivity index (χ3n) is 2.93. The zero-order valence-corrected chi connectivity index (χ0v) is 13.1. The van der Waals surface area contributed by atoms with Gasteiger partial charge in [0.05, 0.1) is 0 Å². The maximum Gasteiger partial charge on any atom is 0.147 e. The third-order valence-corrected chi connectivity index (χ3v) is 4.69. The van der Waals surface area contributed by atoms with E-state index in [9.17, 15) is 0 Å². The molecule has 0 saturated heterocycles. The number of thiophene rings is 1. The zero-order valence-electron chi connectivity index (χ0n) is 10.7. The Bertz CT molecular complexity index is 534. The van der Waals surface area contributed by atoms with Crippen LogP contribution < -0.4 is 5.73 Å². The van der Waals surface area contributed by atoms with Gasteiger partial charge in [0.1, 0.15) is 17.7 Å². The first-order valence-electron chi connectivity index (χ1n) is 5.92. The summed E-state index contributed by atoms with van der Waals surface area (Å²) < 4.78 is 3.03. The summed E-state index contributed by atoms with van der Waals surface area (Å²) in [5, 5.41) is 6.56. The molecule has 0 aliphatic carbocycles. The number of hydrogen-bond acceptors (Lipinski definition) is 4. The molecule has 0 amide bonds. The van der Waals surface area contributed by atoms with Crippen molar-refractivity contribution in [3.8, 4) is 0 Å². The topological polar surface area (TPSA) is 56.7 Å². The van der Waals surface area contributed by atoms with Crippen LogP contribution in [0.1, 0.15) is 35.9 Å². The minimum atomic E-state index is 0.0374. The lowest BCUT2D eigenvalue weighted by atomic mass is 10.1. The Hall–Kier alpha value is -0.720. The highest BCUT2D eigenvalue weighted by Gasteiger charge is 2.25. The van der Waals surface area contributed by atoms with E-state index in [0.717, 1.165) is 22.5 Å². The van der Waals surface area contributed by atoms with Gasteiger partial charge in [0.2, 0.25) is 0 Å². The Balaban J connectivity index is 2.46. The summed E-state index contributed by atoms with van der Waals surface area (Å²) in [5.41, 5.74) is 6.27. The van der Waals surface area contributed by atoms with Gasteiger partial charge in [0, 0.05) is 20.8 Å². The summed E-state index contributed by atoms with van der Waals surface area (Å²) in [6, 6.07) is 2.21. The molecule has 0 saturated carbocycles. The quantitative estimate of drug-likeness (QED) is 0.938. The van der Waals surface area contributed by atoms with Crippen LogP contribution in [0.15, 0.2) is 15.9 Å². The first-order chi connectivity index (χ1) is 8.52. The van der Waals surface area contributed by atoms with Crippen molar-refractivity contribution in [3.05, 3.63) is 32.4 Å². The van der Waals surface area contributed by atoms with Gasteiger partial charge in [0.25, 0.3) is 0 Å². The fraction of sp³-hybridized carbons (Fsp3) is 0.500. The van der Waals surface area contributed by atoms with Gasteiger partial charge in [-0.3, -0.25) is 0 Å². The Morgan fingerprint density at radius 3 is 2.67 bits per heavy atom. The average molecular weight is 329 g/mol. The van der Waals surface area contributed by atoms with E-state index in [1.165, 1.54) is 4.88 Å². The molecule has 2 N–H and O–H groups in total. The van der Waals surface area contributed by atoms with Gasteiger partial charge in [-0.15, -0.1) is 11.3 Å². The number of hydrogen-bond donors (Lipinski definition) is 1. The second-order valence-electron chi connectivity index (χ2n) is 4.34. The molecule has 2 heterocycles. The number of nitrogens with zero attached hydrogens (tertiary/aromatic N) is 3. The Morgan fingerprint density at radius 2 is 2.22 bits per heavy atom. The first-order valence-corrected chi connectivity index (χ1v) is 7.59. The Labute approximate surface area is 119 Å². The van der Waals surface area contributed by atoms with Gasteiger partial charge >= 0.3 is 0 Å². The maximum atomic E-state index is 6.27. The van der Waals surface area contributed by atoms with Crippen LogP contribution in [0.4, 0.5) is 0 Å². The predicted molar refractivity (Wildman–Crippen MR) is 77.9 cm³/mol. The fourth-order valence-electron chi connectivity index (χ4n) is 2.02. The van der Waals surface area contributed by atoms with Crippen LogP contribution in [0, 0.1) is 13.8 Å². The normalized spacial score (nSPS) is 14.7. The highest BCUT2D eigenvalue weighted by Crippen LogP contribution is 2.31. The van der Waals surface area contributed by atoms with Crippen molar-refractivity contribution < 1.29 is 0 Å². The van der Waals surface area contributed by atoms with Crippen molar-refractivity contribution in [1.82, 2.24) is 14.8 Å². The summed E-state index contributed by atoms with van der Waals surface area (Å²) in [5.74, 6) is 1.70. The zero-order chi connectivity index (χ0) is 13.3. The number of nitrogens with two attached hydrogens (primary N) is 1. The van der Waals surface area contributed by atoms with Gasteiger partial charge < -0.3 is 5.73 Å². The Morgan fingerprint density at radius 1 is 1.50 bits per heavy atom. The van der Waals surface area contributed by atoms with E-state index in [4.69, 9.17) is 5.73 Å². The molecule has 0 spiro atoms. The van der Waals surface area contributed by atoms with E-state index < -0.39 is 0 Å². The number of aromatic nitrogens is 3. The van der Waals surface area contributed by atoms with E-state index in [1.807, 2.05) is 18.5 Å². The standard InChI is InChI=1S/C12H17BrN4S/c1-4-10(14)12(11-5-9(13)6-18-11)17-8(3)15-7(2)16-17/h5-6,10,12H,4,14H2,1-3H3. The lowest BCUT2D eigenvalue weighted by Gasteiger charge is -2.23. The molecule has 98 valence electrons. The lowest BCUT2D eigenvalue weighted by molar-refractivity contribution is 0.420. The summed E-state index contributed by atoms with van der Waals surface area (Å²) in [7, 11) is 0. The fourth-order valence-corrected chi connectivity index (χ4v) is 3.62. The molecular formula is C12H17BrN4S. The molecule has 2 aromatic heterocycles. The predicted octanol–water partition coefficient (Wildman–Crippen LogP) is 3.05. The van der Waals surface area contributed by atoms with Crippen molar-refractivity contribution >= 4 is 27.3 Å². The second-order valence-corrected chi connectivity index (χ2v) is 6.19. The molecule has 4 nitrogen and oxygen atoms in total. The summed E-state index contributed by atoms with van der Waals surface area (Å²) in [4.78, 5) is 5.58. The minimum absolute atomic E-state index is 0.0374. The second kappa shape index (κ2) is 5.50. The van der Waals surface area contributed by atoms with Crippen molar-refractivity contribution in [3.63, 3.8) is 0 Å². The summed E-state index contributed by atoms with van der Waals surface area (Å²) >= 11 is 5.19. The molecule has 18 heavy (non-hydrogen) atoms. The first kappa shape index (κ1) is 13.7. The monoisotopic (exact) mass is 328 g/mol.